The lowest BCUT2D eigenvalue weighted by atomic mass is 10.1. The minimum Gasteiger partial charge on any atom is -0.308 e. The van der Waals surface area contributed by atoms with Gasteiger partial charge in [-0.2, -0.15) is 0 Å². The average Bonchev–Trinajstić information content (AvgIpc) is 2.25. The zero-order chi connectivity index (χ0) is 12.0. The van der Waals surface area contributed by atoms with Crippen LogP contribution in [0, 0.1) is 0 Å². The van der Waals surface area contributed by atoms with Gasteiger partial charge in [0, 0.05) is 6.20 Å². The first-order valence-corrected chi connectivity index (χ1v) is 6.09. The Labute approximate surface area is 107 Å². The summed E-state index contributed by atoms with van der Waals surface area (Å²) in [5.41, 5.74) is 0.833. The third-order valence-corrected chi connectivity index (χ3v) is 2.72. The average molecular weight is 259 g/mol. The number of pyridine rings is 1. The molecule has 2 nitrogen and oxygen atoms in total. The fourth-order valence-corrected chi connectivity index (χ4v) is 1.97. The Morgan fingerprint density at radius 1 is 1.56 bits per heavy atom. The summed E-state index contributed by atoms with van der Waals surface area (Å²) in [5.74, 6) is 0. The molecule has 1 atom stereocenters. The maximum Gasteiger partial charge on any atom is 0.0763 e. The molecular formula is C12H16Cl2N2. The molecule has 0 saturated carbocycles. The number of hydrogen-bond acceptors (Lipinski definition) is 2. The van der Waals surface area contributed by atoms with Gasteiger partial charge in [-0.25, -0.2) is 0 Å². The van der Waals surface area contributed by atoms with E-state index >= 15 is 0 Å². The van der Waals surface area contributed by atoms with E-state index in [9.17, 15) is 0 Å². The van der Waals surface area contributed by atoms with Gasteiger partial charge in [-0.15, -0.1) is 6.58 Å². The van der Waals surface area contributed by atoms with Crippen LogP contribution in [0.4, 0.5) is 0 Å². The second kappa shape index (κ2) is 6.89. The van der Waals surface area contributed by atoms with Crippen LogP contribution in [0.5, 0.6) is 0 Å². The molecule has 0 radical (unpaired) electrons. The molecule has 1 aromatic heterocycles. The Morgan fingerprint density at radius 3 is 2.88 bits per heavy atom. The summed E-state index contributed by atoms with van der Waals surface area (Å²) >= 11 is 11.9. The summed E-state index contributed by atoms with van der Waals surface area (Å²) in [4.78, 5) is 4.28. The predicted molar refractivity (Wildman–Crippen MR) is 70.1 cm³/mol. The molecule has 1 rings (SSSR count). The highest BCUT2D eigenvalue weighted by Crippen LogP contribution is 2.25. The van der Waals surface area contributed by atoms with E-state index in [1.165, 1.54) is 0 Å². The first-order chi connectivity index (χ1) is 7.69. The van der Waals surface area contributed by atoms with Gasteiger partial charge >= 0.3 is 0 Å². The molecule has 0 aliphatic rings. The highest BCUT2D eigenvalue weighted by Gasteiger charge is 2.14. The fourth-order valence-electron chi connectivity index (χ4n) is 1.46. The summed E-state index contributed by atoms with van der Waals surface area (Å²) in [5, 5.41) is 4.54. The van der Waals surface area contributed by atoms with Gasteiger partial charge in [0.15, 0.2) is 0 Å². The van der Waals surface area contributed by atoms with E-state index in [2.05, 4.69) is 23.8 Å². The van der Waals surface area contributed by atoms with Crippen molar-refractivity contribution in [2.75, 3.05) is 6.54 Å². The smallest absolute Gasteiger partial charge is 0.0763 e. The van der Waals surface area contributed by atoms with Gasteiger partial charge in [-0.1, -0.05) is 36.2 Å². The van der Waals surface area contributed by atoms with Crippen LogP contribution in [0.3, 0.4) is 0 Å². The summed E-state index contributed by atoms with van der Waals surface area (Å²) < 4.78 is 0. The van der Waals surface area contributed by atoms with E-state index in [4.69, 9.17) is 23.2 Å². The lowest BCUT2D eigenvalue weighted by Crippen LogP contribution is -2.22. The van der Waals surface area contributed by atoms with Crippen LogP contribution in [-0.4, -0.2) is 11.5 Å². The lowest BCUT2D eigenvalue weighted by molar-refractivity contribution is 0.526. The van der Waals surface area contributed by atoms with Crippen molar-refractivity contribution >= 4 is 23.2 Å². The fraction of sp³-hybridized carbons (Fsp3) is 0.417. The number of nitrogens with zero attached hydrogens (tertiary/aromatic N) is 1. The molecule has 4 heteroatoms. The molecule has 0 aliphatic carbocycles. The first-order valence-electron chi connectivity index (χ1n) is 5.34. The normalized spacial score (nSPS) is 12.4. The SMILES string of the molecule is C=CCC(NCCC)c1ncc(Cl)cc1Cl. The van der Waals surface area contributed by atoms with Gasteiger partial charge in [0.2, 0.25) is 0 Å². The van der Waals surface area contributed by atoms with Gasteiger partial charge in [0.05, 0.1) is 21.8 Å². The van der Waals surface area contributed by atoms with Crippen LogP contribution in [0.15, 0.2) is 24.9 Å². The van der Waals surface area contributed by atoms with E-state index in [1.807, 2.05) is 6.08 Å². The topological polar surface area (TPSA) is 24.9 Å². The van der Waals surface area contributed by atoms with E-state index in [0.717, 1.165) is 25.1 Å². The van der Waals surface area contributed by atoms with Gasteiger partial charge in [-0.05, 0) is 25.5 Å². The molecule has 1 unspecified atom stereocenters. The molecule has 1 heterocycles. The molecule has 16 heavy (non-hydrogen) atoms. The van der Waals surface area contributed by atoms with Crippen molar-refractivity contribution in [2.45, 2.75) is 25.8 Å². The quantitative estimate of drug-likeness (QED) is 0.781. The highest BCUT2D eigenvalue weighted by molar-refractivity contribution is 6.34. The van der Waals surface area contributed by atoms with E-state index in [0.29, 0.717) is 10.0 Å². The predicted octanol–water partition coefficient (Wildman–Crippen LogP) is 4.01. The third kappa shape index (κ3) is 3.78. The van der Waals surface area contributed by atoms with Crippen LogP contribution in [-0.2, 0) is 0 Å². The Bertz CT molecular complexity index is 353. The molecule has 0 aliphatic heterocycles. The Kier molecular flexibility index (Phi) is 5.81. The maximum atomic E-state index is 6.12. The number of rotatable bonds is 6. The van der Waals surface area contributed by atoms with Gasteiger partial charge in [0.1, 0.15) is 0 Å². The van der Waals surface area contributed by atoms with E-state index in [-0.39, 0.29) is 6.04 Å². The summed E-state index contributed by atoms with van der Waals surface area (Å²) in [6.07, 6.45) is 5.35. The van der Waals surface area contributed by atoms with Gasteiger partial charge in [-0.3, -0.25) is 4.98 Å². The Hall–Kier alpha value is -0.570. The van der Waals surface area contributed by atoms with Crippen molar-refractivity contribution in [2.24, 2.45) is 0 Å². The summed E-state index contributed by atoms with van der Waals surface area (Å²) in [6.45, 7) is 6.79. The molecule has 0 saturated heterocycles. The van der Waals surface area contributed by atoms with Crippen LogP contribution in [0.1, 0.15) is 31.5 Å². The third-order valence-electron chi connectivity index (χ3n) is 2.21. The number of aromatic nitrogens is 1. The second-order valence-corrected chi connectivity index (χ2v) is 4.40. The van der Waals surface area contributed by atoms with E-state index < -0.39 is 0 Å². The molecule has 0 amide bonds. The Morgan fingerprint density at radius 2 is 2.31 bits per heavy atom. The molecule has 1 aromatic rings. The van der Waals surface area contributed by atoms with Gasteiger partial charge in [0.25, 0.3) is 0 Å². The van der Waals surface area contributed by atoms with Crippen molar-refractivity contribution in [1.82, 2.24) is 10.3 Å². The zero-order valence-corrected chi connectivity index (χ0v) is 10.9. The van der Waals surface area contributed by atoms with Crippen molar-refractivity contribution in [3.63, 3.8) is 0 Å². The monoisotopic (exact) mass is 258 g/mol. The van der Waals surface area contributed by atoms with Crippen molar-refractivity contribution in [1.29, 1.82) is 0 Å². The minimum absolute atomic E-state index is 0.113. The molecule has 0 bridgehead atoms. The maximum absolute atomic E-state index is 6.12. The summed E-state index contributed by atoms with van der Waals surface area (Å²) in [7, 11) is 0. The van der Waals surface area contributed by atoms with Crippen LogP contribution in [0.25, 0.3) is 0 Å². The van der Waals surface area contributed by atoms with Crippen LogP contribution < -0.4 is 5.32 Å². The van der Waals surface area contributed by atoms with Crippen molar-refractivity contribution < 1.29 is 0 Å². The van der Waals surface area contributed by atoms with Gasteiger partial charge < -0.3 is 5.32 Å². The van der Waals surface area contributed by atoms with Crippen molar-refractivity contribution in [3.05, 3.63) is 40.7 Å². The standard InChI is InChI=1S/C12H16Cl2N2/c1-3-5-11(15-6-4-2)12-10(14)7-9(13)8-16-12/h3,7-8,11,15H,1,4-6H2,2H3. The van der Waals surface area contributed by atoms with E-state index in [1.54, 1.807) is 12.3 Å². The Balaban J connectivity index is 2.86. The van der Waals surface area contributed by atoms with Crippen LogP contribution in [0.2, 0.25) is 10.0 Å². The number of halogens is 2. The molecule has 0 aromatic carbocycles. The minimum atomic E-state index is 0.113. The lowest BCUT2D eigenvalue weighted by Gasteiger charge is -2.17. The summed E-state index contributed by atoms with van der Waals surface area (Å²) in [6, 6.07) is 1.83. The zero-order valence-electron chi connectivity index (χ0n) is 9.34. The number of nitrogens with one attached hydrogen (secondary N) is 1. The molecule has 88 valence electrons. The second-order valence-electron chi connectivity index (χ2n) is 3.55. The molecular weight excluding hydrogens is 243 g/mol. The molecule has 0 fully saturated rings. The molecule has 1 N–H and O–H groups in total. The van der Waals surface area contributed by atoms with Crippen LogP contribution >= 0.6 is 23.2 Å². The highest BCUT2D eigenvalue weighted by atomic mass is 35.5. The first kappa shape index (κ1) is 13.5. The largest absolute Gasteiger partial charge is 0.308 e. The molecule has 0 spiro atoms. The number of hydrogen-bond donors (Lipinski definition) is 1. The van der Waals surface area contributed by atoms with Crippen molar-refractivity contribution in [3.8, 4) is 0 Å².